The lowest BCUT2D eigenvalue weighted by atomic mass is 9.42. The van der Waals surface area contributed by atoms with Gasteiger partial charge in [-0.3, -0.25) is 4.79 Å². The largest absolute Gasteiger partial charge is 0.298 e. The summed E-state index contributed by atoms with van der Waals surface area (Å²) in [5.74, 6) is 6.68. The number of Topliss-reactive ketones (excluding diaryl/α,β-unsaturated/α-hetero) is 1. The molecule has 0 bridgehead atoms. The molecule has 0 radical (unpaired) electrons. The molecule has 0 aromatic carbocycles. The molecule has 0 N–H and O–H groups in total. The zero-order chi connectivity index (χ0) is 24.3. The van der Waals surface area contributed by atoms with Gasteiger partial charge in [-0.1, -0.05) is 78.1 Å². The van der Waals surface area contributed by atoms with E-state index in [0.29, 0.717) is 0 Å². The van der Waals surface area contributed by atoms with Crippen molar-refractivity contribution in [3.05, 3.63) is 0 Å². The van der Waals surface area contributed by atoms with E-state index in [-0.39, 0.29) is 10.8 Å². The quantitative estimate of drug-likeness (QED) is 0.314. The van der Waals surface area contributed by atoms with Crippen molar-refractivity contribution >= 4 is 5.78 Å². The van der Waals surface area contributed by atoms with Gasteiger partial charge in [-0.2, -0.15) is 0 Å². The summed E-state index contributed by atoms with van der Waals surface area (Å²) in [6.07, 6.45) is 32.3. The lowest BCUT2D eigenvalue weighted by molar-refractivity contribution is -0.170. The minimum absolute atomic E-state index is 0.138. The predicted octanol–water partition coefficient (Wildman–Crippen LogP) is 10.3. The number of unbranched alkanes of at least 4 members (excludes halogenated alkanes) is 2. The third kappa shape index (κ3) is 5.60. The summed E-state index contributed by atoms with van der Waals surface area (Å²) < 4.78 is 0. The Balaban J connectivity index is 1.03. The first-order valence-corrected chi connectivity index (χ1v) is 16.6. The van der Waals surface area contributed by atoms with E-state index in [4.69, 9.17) is 0 Å². The molecule has 0 atom stereocenters. The molecule has 1 nitrogen and oxygen atoms in total. The molecule has 5 rings (SSSR count). The van der Waals surface area contributed by atoms with Crippen LogP contribution in [0, 0.1) is 46.3 Å². The highest BCUT2D eigenvalue weighted by Crippen LogP contribution is 2.65. The molecule has 5 fully saturated rings. The van der Waals surface area contributed by atoms with Crippen LogP contribution in [0.25, 0.3) is 0 Å². The van der Waals surface area contributed by atoms with Crippen LogP contribution in [0.2, 0.25) is 0 Å². The molecule has 5 saturated carbocycles. The second kappa shape index (κ2) is 11.6. The van der Waals surface area contributed by atoms with Gasteiger partial charge in [-0.25, -0.2) is 0 Å². The normalized spacial score (nSPS) is 44.5. The average Bonchev–Trinajstić information content (AvgIpc) is 2.91. The maximum absolute atomic E-state index is 13.8. The van der Waals surface area contributed by atoms with Crippen LogP contribution >= 0.6 is 0 Å². The second-order valence-electron chi connectivity index (χ2n) is 14.6. The third-order valence-corrected chi connectivity index (χ3v) is 12.6. The molecule has 0 amide bonds. The van der Waals surface area contributed by atoms with Gasteiger partial charge in [0.15, 0.2) is 0 Å². The van der Waals surface area contributed by atoms with Crippen LogP contribution in [0.3, 0.4) is 0 Å². The minimum atomic E-state index is 0.138. The summed E-state index contributed by atoms with van der Waals surface area (Å²) in [4.78, 5) is 13.8. The Morgan fingerprint density at radius 3 is 1.37 bits per heavy atom. The first-order valence-electron chi connectivity index (χ1n) is 16.6. The summed E-state index contributed by atoms with van der Waals surface area (Å²) in [7, 11) is 0. The lowest BCUT2D eigenvalue weighted by Crippen LogP contribution is -2.60. The van der Waals surface area contributed by atoms with Crippen molar-refractivity contribution in [3.63, 3.8) is 0 Å². The number of rotatable bonds is 8. The third-order valence-electron chi connectivity index (χ3n) is 12.6. The van der Waals surface area contributed by atoms with Gasteiger partial charge in [0.05, 0.1) is 0 Å². The molecule has 35 heavy (non-hydrogen) atoms. The molecule has 0 heterocycles. The molecule has 0 aromatic rings. The summed E-state index contributed by atoms with van der Waals surface area (Å²) in [5.41, 5.74) is 0.276. The molecule has 5 aliphatic carbocycles. The summed E-state index contributed by atoms with van der Waals surface area (Å²) >= 11 is 0. The van der Waals surface area contributed by atoms with Crippen LogP contribution in [0.4, 0.5) is 0 Å². The molecule has 0 aromatic heterocycles. The summed E-state index contributed by atoms with van der Waals surface area (Å²) in [6, 6.07) is 0. The minimum Gasteiger partial charge on any atom is -0.298 e. The van der Waals surface area contributed by atoms with Gasteiger partial charge in [-0.05, 0) is 119 Å². The fourth-order valence-corrected chi connectivity index (χ4v) is 10.4. The van der Waals surface area contributed by atoms with Gasteiger partial charge in [-0.15, -0.1) is 0 Å². The SMILES string of the molecule is CCCCCC1CCC(C2CCC3(CC2)CC2(CCC(C4CCC(CCC)CC4)CC2)C3=O)CC1. The van der Waals surface area contributed by atoms with Crippen molar-refractivity contribution in [3.8, 4) is 0 Å². The van der Waals surface area contributed by atoms with Gasteiger partial charge < -0.3 is 0 Å². The van der Waals surface area contributed by atoms with Gasteiger partial charge in [0.2, 0.25) is 0 Å². The number of hydrogen-bond acceptors (Lipinski definition) is 1. The molecule has 0 aliphatic heterocycles. The summed E-state index contributed by atoms with van der Waals surface area (Å²) in [6.45, 7) is 4.67. The average molecular weight is 483 g/mol. The molecule has 0 unspecified atom stereocenters. The monoisotopic (exact) mass is 482 g/mol. The highest BCUT2D eigenvalue weighted by molar-refractivity contribution is 5.96. The van der Waals surface area contributed by atoms with Crippen LogP contribution < -0.4 is 0 Å². The Labute approximate surface area is 218 Å². The van der Waals surface area contributed by atoms with E-state index in [2.05, 4.69) is 13.8 Å². The van der Waals surface area contributed by atoms with Crippen LogP contribution in [0.15, 0.2) is 0 Å². The van der Waals surface area contributed by atoms with Crippen LogP contribution in [0.1, 0.15) is 162 Å². The Morgan fingerprint density at radius 1 is 0.543 bits per heavy atom. The Morgan fingerprint density at radius 2 is 0.971 bits per heavy atom. The molecule has 0 saturated heterocycles. The fraction of sp³-hybridized carbons (Fsp3) is 0.971. The highest BCUT2D eigenvalue weighted by Gasteiger charge is 2.63. The maximum atomic E-state index is 13.8. The second-order valence-corrected chi connectivity index (χ2v) is 14.6. The number of hydrogen-bond donors (Lipinski definition) is 0. The van der Waals surface area contributed by atoms with Gasteiger partial charge in [0.1, 0.15) is 5.78 Å². The van der Waals surface area contributed by atoms with Crippen molar-refractivity contribution in [2.45, 2.75) is 162 Å². The Hall–Kier alpha value is -0.330. The van der Waals surface area contributed by atoms with E-state index in [1.807, 2.05) is 0 Å². The van der Waals surface area contributed by atoms with E-state index in [1.165, 1.54) is 148 Å². The van der Waals surface area contributed by atoms with Gasteiger partial charge in [0.25, 0.3) is 0 Å². The smallest absolute Gasteiger partial charge is 0.145 e. The zero-order valence-corrected chi connectivity index (χ0v) is 23.6. The molecular weight excluding hydrogens is 424 g/mol. The van der Waals surface area contributed by atoms with E-state index >= 15 is 0 Å². The number of carbonyl (C=O) groups is 1. The number of carbonyl (C=O) groups excluding carboxylic acids is 1. The highest BCUT2D eigenvalue weighted by atomic mass is 16.1. The Bertz CT molecular complexity index is 661. The van der Waals surface area contributed by atoms with E-state index < -0.39 is 0 Å². The molecule has 2 spiro atoms. The van der Waals surface area contributed by atoms with Gasteiger partial charge in [0, 0.05) is 10.8 Å². The standard InChI is InChI=1S/C34H58O/c1-3-5-6-8-27-11-15-29(16-12-27)31-19-23-34(24-20-31)25-33(32(34)35)21-17-30(18-22-33)28-13-9-26(7-4-2)10-14-28/h26-31H,3-25H2,1-2H3. The van der Waals surface area contributed by atoms with Crippen LogP contribution in [0.5, 0.6) is 0 Å². The first-order chi connectivity index (χ1) is 17.1. The van der Waals surface area contributed by atoms with Crippen LogP contribution in [-0.4, -0.2) is 5.78 Å². The topological polar surface area (TPSA) is 17.1 Å². The van der Waals surface area contributed by atoms with Crippen molar-refractivity contribution in [2.24, 2.45) is 46.3 Å². The van der Waals surface area contributed by atoms with Crippen molar-refractivity contribution in [2.75, 3.05) is 0 Å². The van der Waals surface area contributed by atoms with E-state index in [1.54, 1.807) is 0 Å². The molecule has 1 heteroatoms. The maximum Gasteiger partial charge on any atom is 0.145 e. The fourth-order valence-electron chi connectivity index (χ4n) is 10.4. The summed E-state index contributed by atoms with van der Waals surface area (Å²) in [5, 5.41) is 0. The molecule has 5 aliphatic rings. The van der Waals surface area contributed by atoms with Crippen molar-refractivity contribution in [1.29, 1.82) is 0 Å². The van der Waals surface area contributed by atoms with Crippen LogP contribution in [-0.2, 0) is 4.79 Å². The predicted molar refractivity (Wildman–Crippen MR) is 148 cm³/mol. The lowest BCUT2D eigenvalue weighted by Gasteiger charge is -2.60. The Kier molecular flexibility index (Phi) is 8.71. The van der Waals surface area contributed by atoms with E-state index in [9.17, 15) is 4.79 Å². The first kappa shape index (κ1) is 26.3. The molecular formula is C34H58O. The zero-order valence-electron chi connectivity index (χ0n) is 23.6. The molecule has 200 valence electrons. The van der Waals surface area contributed by atoms with Crippen molar-refractivity contribution in [1.82, 2.24) is 0 Å². The van der Waals surface area contributed by atoms with Gasteiger partial charge >= 0.3 is 0 Å². The van der Waals surface area contributed by atoms with Crippen molar-refractivity contribution < 1.29 is 4.79 Å². The number of ketones is 1. The van der Waals surface area contributed by atoms with E-state index in [0.717, 1.165) is 41.3 Å².